The molecule has 0 bridgehead atoms. The first kappa shape index (κ1) is 14.5. The van der Waals surface area contributed by atoms with Crippen LogP contribution in [-0.2, 0) is 6.54 Å². The highest BCUT2D eigenvalue weighted by atomic mass is 79.9. The molecular weight excluding hydrogens is 332 g/mol. The minimum Gasteiger partial charge on any atom is -0.354 e. The molecule has 1 aliphatic heterocycles. The summed E-state index contributed by atoms with van der Waals surface area (Å²) in [5.74, 6) is 2.81. The molecule has 0 unspecified atom stereocenters. The molecule has 0 aliphatic carbocycles. The number of anilines is 1. The fraction of sp³-hybridized carbons (Fsp3) is 0.500. The molecular formula is C14H19BrN6. The topological polar surface area (TPSA) is 60.9 Å². The van der Waals surface area contributed by atoms with E-state index in [-0.39, 0.29) is 0 Å². The number of hydrogen-bond acceptors (Lipinski definition) is 5. The molecule has 0 spiro atoms. The molecule has 0 atom stereocenters. The smallest absolute Gasteiger partial charge is 0.164 e. The summed E-state index contributed by atoms with van der Waals surface area (Å²) in [7, 11) is 0. The summed E-state index contributed by atoms with van der Waals surface area (Å²) in [6, 6.07) is 4.14. The second-order valence-electron chi connectivity index (χ2n) is 5.34. The third-order valence-electron chi connectivity index (χ3n) is 3.71. The number of piperazine rings is 1. The first-order chi connectivity index (χ1) is 10.1. The lowest BCUT2D eigenvalue weighted by Gasteiger charge is -2.35. The quantitative estimate of drug-likeness (QED) is 0.915. The third kappa shape index (κ3) is 3.41. The Hall–Kier alpha value is -1.47. The van der Waals surface area contributed by atoms with Crippen molar-refractivity contribution < 1.29 is 0 Å². The predicted molar refractivity (Wildman–Crippen MR) is 85.3 cm³/mol. The molecule has 2 aromatic heterocycles. The molecule has 0 radical (unpaired) electrons. The summed E-state index contributed by atoms with van der Waals surface area (Å²) in [5.41, 5.74) is 1.03. The van der Waals surface area contributed by atoms with Crippen LogP contribution in [0.4, 0.5) is 5.82 Å². The van der Waals surface area contributed by atoms with Crippen molar-refractivity contribution >= 4 is 21.7 Å². The molecule has 6 nitrogen and oxygen atoms in total. The number of H-pyrrole nitrogens is 1. The van der Waals surface area contributed by atoms with Gasteiger partial charge in [-0.2, -0.15) is 5.10 Å². The fourth-order valence-electron chi connectivity index (χ4n) is 2.50. The second-order valence-corrected chi connectivity index (χ2v) is 6.19. The van der Waals surface area contributed by atoms with Crippen LogP contribution in [0.5, 0.6) is 0 Å². The van der Waals surface area contributed by atoms with Gasteiger partial charge in [-0.3, -0.25) is 10.00 Å². The molecule has 1 aliphatic rings. The van der Waals surface area contributed by atoms with Crippen molar-refractivity contribution in [3.05, 3.63) is 33.9 Å². The molecule has 1 N–H and O–H groups in total. The van der Waals surface area contributed by atoms with E-state index in [1.54, 1.807) is 0 Å². The number of pyridine rings is 1. The zero-order chi connectivity index (χ0) is 14.8. The Morgan fingerprint density at radius 3 is 2.52 bits per heavy atom. The Kier molecular flexibility index (Phi) is 4.21. The van der Waals surface area contributed by atoms with Crippen LogP contribution in [0.15, 0.2) is 16.6 Å². The van der Waals surface area contributed by atoms with E-state index in [1.807, 2.05) is 13.8 Å². The van der Waals surface area contributed by atoms with Crippen molar-refractivity contribution in [1.29, 1.82) is 0 Å². The number of nitrogens with one attached hydrogen (secondary N) is 1. The largest absolute Gasteiger partial charge is 0.354 e. The number of nitrogens with zero attached hydrogens (tertiary/aromatic N) is 5. The van der Waals surface area contributed by atoms with Gasteiger partial charge in [-0.1, -0.05) is 0 Å². The van der Waals surface area contributed by atoms with E-state index in [1.165, 1.54) is 0 Å². The molecule has 1 fully saturated rings. The van der Waals surface area contributed by atoms with Gasteiger partial charge < -0.3 is 4.90 Å². The van der Waals surface area contributed by atoms with Gasteiger partial charge in [-0.05, 0) is 41.9 Å². The van der Waals surface area contributed by atoms with Crippen LogP contribution in [0, 0.1) is 13.8 Å². The van der Waals surface area contributed by atoms with Gasteiger partial charge >= 0.3 is 0 Å². The first-order valence-corrected chi connectivity index (χ1v) is 7.89. The molecule has 3 heterocycles. The average molecular weight is 351 g/mol. The van der Waals surface area contributed by atoms with Crippen LogP contribution < -0.4 is 4.90 Å². The normalized spacial score (nSPS) is 16.4. The highest BCUT2D eigenvalue weighted by molar-refractivity contribution is 9.10. The zero-order valence-corrected chi connectivity index (χ0v) is 13.9. The number of aromatic nitrogens is 4. The molecule has 1 saturated heterocycles. The third-order valence-corrected chi connectivity index (χ3v) is 4.55. The summed E-state index contributed by atoms with van der Waals surface area (Å²) in [6.45, 7) is 8.74. The van der Waals surface area contributed by atoms with E-state index in [4.69, 9.17) is 0 Å². The Morgan fingerprint density at radius 2 is 1.90 bits per heavy atom. The van der Waals surface area contributed by atoms with Crippen LogP contribution in [0.25, 0.3) is 0 Å². The summed E-state index contributed by atoms with van der Waals surface area (Å²) in [5, 5.41) is 7.09. The maximum atomic E-state index is 4.64. The van der Waals surface area contributed by atoms with Gasteiger partial charge in [0, 0.05) is 30.7 Å². The van der Waals surface area contributed by atoms with Crippen molar-refractivity contribution in [1.82, 2.24) is 25.1 Å². The Balaban J connectivity index is 1.58. The summed E-state index contributed by atoms with van der Waals surface area (Å²) >= 11 is 3.50. The standard InChI is InChI=1S/C14H19BrN6/c1-10-12(15)3-4-14(16-10)21-7-5-20(6-8-21)9-13-17-11(2)18-19-13/h3-4H,5-9H2,1-2H3,(H,17,18,19). The summed E-state index contributed by atoms with van der Waals surface area (Å²) < 4.78 is 1.06. The maximum Gasteiger partial charge on any atom is 0.164 e. The van der Waals surface area contributed by atoms with Crippen molar-refractivity contribution in [3.63, 3.8) is 0 Å². The monoisotopic (exact) mass is 350 g/mol. The molecule has 112 valence electrons. The fourth-order valence-corrected chi connectivity index (χ4v) is 2.72. The van der Waals surface area contributed by atoms with E-state index in [0.717, 1.165) is 60.4 Å². The van der Waals surface area contributed by atoms with Crippen LogP contribution in [0.2, 0.25) is 0 Å². The zero-order valence-electron chi connectivity index (χ0n) is 12.3. The van der Waals surface area contributed by atoms with Crippen LogP contribution >= 0.6 is 15.9 Å². The van der Waals surface area contributed by atoms with Crippen LogP contribution in [0.1, 0.15) is 17.3 Å². The van der Waals surface area contributed by atoms with Crippen LogP contribution in [0.3, 0.4) is 0 Å². The Bertz CT molecular complexity index is 618. The molecule has 0 aromatic carbocycles. The molecule has 0 amide bonds. The van der Waals surface area contributed by atoms with Gasteiger partial charge in [0.2, 0.25) is 0 Å². The average Bonchev–Trinajstić information content (AvgIpc) is 2.88. The van der Waals surface area contributed by atoms with Crippen molar-refractivity contribution in [3.8, 4) is 0 Å². The van der Waals surface area contributed by atoms with E-state index in [9.17, 15) is 0 Å². The molecule has 2 aromatic rings. The maximum absolute atomic E-state index is 4.64. The van der Waals surface area contributed by atoms with Gasteiger partial charge in [-0.15, -0.1) is 0 Å². The van der Waals surface area contributed by atoms with Gasteiger partial charge in [0.25, 0.3) is 0 Å². The predicted octanol–water partition coefficient (Wildman–Crippen LogP) is 1.90. The van der Waals surface area contributed by atoms with Crippen LogP contribution in [-0.4, -0.2) is 51.2 Å². The SMILES string of the molecule is Cc1nc(CN2CCN(c3ccc(Br)c(C)n3)CC2)n[nH]1. The highest BCUT2D eigenvalue weighted by Gasteiger charge is 2.19. The summed E-state index contributed by atoms with van der Waals surface area (Å²) in [6.07, 6.45) is 0. The van der Waals surface area contributed by atoms with Crippen molar-refractivity contribution in [2.75, 3.05) is 31.1 Å². The lowest BCUT2D eigenvalue weighted by atomic mass is 10.3. The van der Waals surface area contributed by atoms with Gasteiger partial charge in [0.15, 0.2) is 5.82 Å². The lowest BCUT2D eigenvalue weighted by molar-refractivity contribution is 0.243. The second kappa shape index (κ2) is 6.11. The molecule has 21 heavy (non-hydrogen) atoms. The minimum atomic E-state index is 0.810. The van der Waals surface area contributed by atoms with E-state index in [2.05, 4.69) is 58.0 Å². The first-order valence-electron chi connectivity index (χ1n) is 7.10. The van der Waals surface area contributed by atoms with Gasteiger partial charge in [0.05, 0.1) is 12.2 Å². The summed E-state index contributed by atoms with van der Waals surface area (Å²) in [4.78, 5) is 13.7. The minimum absolute atomic E-state index is 0.810. The highest BCUT2D eigenvalue weighted by Crippen LogP contribution is 2.20. The van der Waals surface area contributed by atoms with E-state index >= 15 is 0 Å². The number of aryl methyl sites for hydroxylation is 2. The Labute approximate surface area is 132 Å². The molecule has 0 saturated carbocycles. The Morgan fingerprint density at radius 1 is 1.14 bits per heavy atom. The number of rotatable bonds is 3. The molecule has 3 rings (SSSR count). The van der Waals surface area contributed by atoms with Crippen molar-refractivity contribution in [2.24, 2.45) is 0 Å². The van der Waals surface area contributed by atoms with E-state index < -0.39 is 0 Å². The van der Waals surface area contributed by atoms with Crippen molar-refractivity contribution in [2.45, 2.75) is 20.4 Å². The van der Waals surface area contributed by atoms with E-state index in [0.29, 0.717) is 0 Å². The number of halogens is 1. The number of hydrogen-bond donors (Lipinski definition) is 1. The number of aromatic amines is 1. The molecule has 7 heteroatoms. The van der Waals surface area contributed by atoms with Gasteiger partial charge in [-0.25, -0.2) is 9.97 Å². The lowest BCUT2D eigenvalue weighted by Crippen LogP contribution is -2.46. The van der Waals surface area contributed by atoms with Gasteiger partial charge in [0.1, 0.15) is 11.6 Å².